The standard InChI is InChI=1S/C29H26Cl2N2O3S/c1-20-12-14-26(15-13-20)37(35,36)33(25-17-23(30)16-24(31)18-25)19-28(34)32-29(22-9-4-3-5-10-22)27-11-7-6-8-21(27)2/h3-18,29H,19H2,1-2H3,(H,32,34)/t29-/m0/s1. The zero-order valence-electron chi connectivity index (χ0n) is 20.4. The number of hydrogen-bond acceptors (Lipinski definition) is 3. The second-order valence-corrected chi connectivity index (χ2v) is 11.5. The molecule has 0 saturated carbocycles. The van der Waals surface area contributed by atoms with E-state index >= 15 is 0 Å². The lowest BCUT2D eigenvalue weighted by Crippen LogP contribution is -2.42. The van der Waals surface area contributed by atoms with Gasteiger partial charge in [0.15, 0.2) is 0 Å². The highest BCUT2D eigenvalue weighted by Gasteiger charge is 2.29. The van der Waals surface area contributed by atoms with E-state index in [1.54, 1.807) is 12.1 Å². The lowest BCUT2D eigenvalue weighted by atomic mass is 9.95. The number of benzene rings is 4. The van der Waals surface area contributed by atoms with Crippen molar-refractivity contribution < 1.29 is 13.2 Å². The first-order valence-electron chi connectivity index (χ1n) is 11.6. The van der Waals surface area contributed by atoms with Gasteiger partial charge in [0, 0.05) is 10.0 Å². The van der Waals surface area contributed by atoms with Crippen molar-refractivity contribution in [3.05, 3.63) is 129 Å². The molecular weight excluding hydrogens is 527 g/mol. The van der Waals surface area contributed by atoms with E-state index in [9.17, 15) is 13.2 Å². The number of nitrogens with zero attached hydrogens (tertiary/aromatic N) is 1. The van der Waals surface area contributed by atoms with Crippen LogP contribution in [0.5, 0.6) is 0 Å². The topological polar surface area (TPSA) is 66.5 Å². The van der Waals surface area contributed by atoms with Crippen molar-refractivity contribution >= 4 is 44.8 Å². The average Bonchev–Trinajstić information content (AvgIpc) is 2.86. The molecule has 1 atom stereocenters. The Morgan fingerprint density at radius 1 is 0.838 bits per heavy atom. The van der Waals surface area contributed by atoms with Gasteiger partial charge < -0.3 is 5.32 Å². The second kappa shape index (κ2) is 11.4. The van der Waals surface area contributed by atoms with Gasteiger partial charge in [-0.3, -0.25) is 9.10 Å². The van der Waals surface area contributed by atoms with Crippen LogP contribution in [0.4, 0.5) is 5.69 Å². The molecule has 0 unspecified atom stereocenters. The third-order valence-corrected chi connectivity index (χ3v) is 8.19. The highest BCUT2D eigenvalue weighted by atomic mass is 35.5. The van der Waals surface area contributed by atoms with Gasteiger partial charge in [-0.2, -0.15) is 0 Å². The Hall–Kier alpha value is -3.32. The third kappa shape index (κ3) is 6.34. The number of amides is 1. The fourth-order valence-electron chi connectivity index (χ4n) is 4.07. The SMILES string of the molecule is Cc1ccc(S(=O)(=O)N(CC(=O)N[C@@H](c2ccccc2)c2ccccc2C)c2cc(Cl)cc(Cl)c2)cc1. The smallest absolute Gasteiger partial charge is 0.264 e. The van der Waals surface area contributed by atoms with E-state index < -0.39 is 28.5 Å². The summed E-state index contributed by atoms with van der Waals surface area (Å²) in [6, 6.07) is 27.7. The molecule has 0 fully saturated rings. The van der Waals surface area contributed by atoms with Crippen LogP contribution in [-0.4, -0.2) is 20.9 Å². The molecule has 4 aromatic rings. The van der Waals surface area contributed by atoms with E-state index in [2.05, 4.69) is 5.32 Å². The molecule has 0 aliphatic heterocycles. The Labute approximate surface area is 227 Å². The van der Waals surface area contributed by atoms with E-state index in [0.29, 0.717) is 0 Å². The second-order valence-electron chi connectivity index (χ2n) is 8.72. The summed E-state index contributed by atoms with van der Waals surface area (Å²) in [5, 5.41) is 3.56. The monoisotopic (exact) mass is 552 g/mol. The van der Waals surface area contributed by atoms with Crippen molar-refractivity contribution in [3.63, 3.8) is 0 Å². The number of nitrogens with one attached hydrogen (secondary N) is 1. The minimum Gasteiger partial charge on any atom is -0.344 e. The molecule has 5 nitrogen and oxygen atoms in total. The maximum Gasteiger partial charge on any atom is 0.264 e. The minimum absolute atomic E-state index is 0.0560. The van der Waals surface area contributed by atoms with Gasteiger partial charge in [0.1, 0.15) is 6.54 Å². The zero-order chi connectivity index (χ0) is 26.6. The maximum atomic E-state index is 13.7. The van der Waals surface area contributed by atoms with Gasteiger partial charge >= 0.3 is 0 Å². The minimum atomic E-state index is -4.12. The van der Waals surface area contributed by atoms with Crippen LogP contribution in [0.15, 0.2) is 102 Å². The predicted octanol–water partition coefficient (Wildman–Crippen LogP) is 6.71. The number of sulfonamides is 1. The van der Waals surface area contributed by atoms with Crippen molar-refractivity contribution in [1.82, 2.24) is 5.32 Å². The molecule has 8 heteroatoms. The Balaban J connectivity index is 1.73. The van der Waals surface area contributed by atoms with Crippen LogP contribution >= 0.6 is 23.2 Å². The molecule has 0 saturated heterocycles. The van der Waals surface area contributed by atoms with E-state index in [-0.39, 0.29) is 20.6 Å². The molecule has 4 rings (SSSR count). The van der Waals surface area contributed by atoms with Crippen molar-refractivity contribution in [2.24, 2.45) is 0 Å². The van der Waals surface area contributed by atoms with Gasteiger partial charge in [-0.25, -0.2) is 8.42 Å². The Morgan fingerprint density at radius 2 is 1.43 bits per heavy atom. The van der Waals surface area contributed by atoms with Crippen molar-refractivity contribution in [3.8, 4) is 0 Å². The molecule has 1 N–H and O–H groups in total. The van der Waals surface area contributed by atoms with E-state index in [0.717, 1.165) is 26.6 Å². The highest BCUT2D eigenvalue weighted by Crippen LogP contribution is 2.30. The van der Waals surface area contributed by atoms with E-state index in [1.807, 2.05) is 68.4 Å². The Bertz CT molecular complexity index is 1490. The number of aryl methyl sites for hydroxylation is 2. The Morgan fingerprint density at radius 3 is 2.05 bits per heavy atom. The predicted molar refractivity (Wildman–Crippen MR) is 150 cm³/mol. The fraction of sp³-hybridized carbons (Fsp3) is 0.138. The quantitative estimate of drug-likeness (QED) is 0.264. The average molecular weight is 554 g/mol. The molecule has 190 valence electrons. The molecule has 4 aromatic carbocycles. The van der Waals surface area contributed by atoms with Crippen LogP contribution in [0.1, 0.15) is 28.3 Å². The number of carbonyl (C=O) groups is 1. The van der Waals surface area contributed by atoms with Gasteiger partial charge in [0.05, 0.1) is 16.6 Å². The molecule has 1 amide bonds. The van der Waals surface area contributed by atoms with Gasteiger partial charge in [0.2, 0.25) is 5.91 Å². The number of halogens is 2. The summed E-state index contributed by atoms with van der Waals surface area (Å²) in [6.45, 7) is 3.37. The number of carbonyl (C=O) groups excluding carboxylic acids is 1. The number of anilines is 1. The summed E-state index contributed by atoms with van der Waals surface area (Å²) < 4.78 is 28.5. The molecule has 37 heavy (non-hydrogen) atoms. The molecule has 0 heterocycles. The van der Waals surface area contributed by atoms with Gasteiger partial charge in [-0.1, -0.05) is 95.5 Å². The first-order valence-corrected chi connectivity index (χ1v) is 13.8. The van der Waals surface area contributed by atoms with Crippen LogP contribution in [0.25, 0.3) is 0 Å². The summed E-state index contributed by atoms with van der Waals surface area (Å²) in [7, 11) is -4.12. The molecule has 0 aliphatic rings. The Kier molecular flexibility index (Phi) is 8.22. The molecule has 0 bridgehead atoms. The lowest BCUT2D eigenvalue weighted by molar-refractivity contribution is -0.120. The summed E-state index contributed by atoms with van der Waals surface area (Å²) in [5.41, 5.74) is 3.91. The van der Waals surface area contributed by atoms with E-state index in [4.69, 9.17) is 23.2 Å². The van der Waals surface area contributed by atoms with Gasteiger partial charge in [0.25, 0.3) is 10.0 Å². The largest absolute Gasteiger partial charge is 0.344 e. The van der Waals surface area contributed by atoms with E-state index in [1.165, 1.54) is 30.3 Å². The summed E-state index contributed by atoms with van der Waals surface area (Å²) >= 11 is 12.4. The van der Waals surface area contributed by atoms with Crippen LogP contribution < -0.4 is 9.62 Å². The number of rotatable bonds is 8. The van der Waals surface area contributed by atoms with Crippen molar-refractivity contribution in [2.75, 3.05) is 10.8 Å². The zero-order valence-corrected chi connectivity index (χ0v) is 22.7. The van der Waals surface area contributed by atoms with Crippen LogP contribution in [-0.2, 0) is 14.8 Å². The molecule has 0 aliphatic carbocycles. The molecule has 0 radical (unpaired) electrons. The normalized spacial score (nSPS) is 12.1. The first kappa shape index (κ1) is 26.7. The highest BCUT2D eigenvalue weighted by molar-refractivity contribution is 7.92. The first-order chi connectivity index (χ1) is 17.6. The third-order valence-electron chi connectivity index (χ3n) is 5.97. The molecule has 0 aromatic heterocycles. The summed E-state index contributed by atoms with van der Waals surface area (Å²) in [6.07, 6.45) is 0. The van der Waals surface area contributed by atoms with Crippen molar-refractivity contribution in [2.45, 2.75) is 24.8 Å². The van der Waals surface area contributed by atoms with Crippen molar-refractivity contribution in [1.29, 1.82) is 0 Å². The lowest BCUT2D eigenvalue weighted by Gasteiger charge is -2.27. The summed E-state index contributed by atoms with van der Waals surface area (Å²) in [4.78, 5) is 13.6. The van der Waals surface area contributed by atoms with Crippen LogP contribution in [0.3, 0.4) is 0 Å². The van der Waals surface area contributed by atoms with Crippen LogP contribution in [0, 0.1) is 13.8 Å². The molecular formula is C29H26Cl2N2O3S. The summed E-state index contributed by atoms with van der Waals surface area (Å²) in [5.74, 6) is -0.483. The number of hydrogen-bond donors (Lipinski definition) is 1. The fourth-order valence-corrected chi connectivity index (χ4v) is 5.99. The molecule has 0 spiro atoms. The maximum absolute atomic E-state index is 13.7. The van der Waals surface area contributed by atoms with Gasteiger partial charge in [-0.15, -0.1) is 0 Å². The van der Waals surface area contributed by atoms with Crippen LogP contribution in [0.2, 0.25) is 10.0 Å². The van der Waals surface area contributed by atoms with Gasteiger partial charge in [-0.05, 0) is 60.9 Å².